The van der Waals surface area contributed by atoms with Gasteiger partial charge in [-0.05, 0) is 24.1 Å². The van der Waals surface area contributed by atoms with E-state index in [1.54, 1.807) is 0 Å². The van der Waals surface area contributed by atoms with Crippen LogP contribution in [-0.4, -0.2) is 23.3 Å². The maximum absolute atomic E-state index is 11.7. The van der Waals surface area contributed by atoms with E-state index in [0.717, 1.165) is 22.2 Å². The molecule has 0 radical (unpaired) electrons. The van der Waals surface area contributed by atoms with E-state index >= 15 is 0 Å². The number of anilines is 1. The number of aromatic nitrogens is 1. The number of nitrogens with one attached hydrogen (secondary N) is 2. The Morgan fingerprint density at radius 1 is 1.35 bits per heavy atom. The standard InChI is InChI=1S/C14H17N3O2S/c1-3-6-15-13(19)8-10-4-5-11-12(7-10)20-14(17-11)16-9(2)18/h4-5,7H,3,6,8H2,1-2H3,(H,15,19)(H,16,17,18). The summed E-state index contributed by atoms with van der Waals surface area (Å²) in [5.41, 5.74) is 1.78. The SMILES string of the molecule is CCCNC(=O)Cc1ccc2nc(NC(C)=O)sc2c1. The van der Waals surface area contributed by atoms with Gasteiger partial charge in [0.15, 0.2) is 5.13 Å². The third kappa shape index (κ3) is 3.77. The van der Waals surface area contributed by atoms with Gasteiger partial charge in [0.05, 0.1) is 16.6 Å². The Hall–Kier alpha value is -1.95. The van der Waals surface area contributed by atoms with E-state index in [4.69, 9.17) is 0 Å². The van der Waals surface area contributed by atoms with E-state index in [0.29, 0.717) is 18.1 Å². The highest BCUT2D eigenvalue weighted by molar-refractivity contribution is 7.22. The summed E-state index contributed by atoms with van der Waals surface area (Å²) in [6.45, 7) is 4.18. The lowest BCUT2D eigenvalue weighted by atomic mass is 10.1. The fourth-order valence-electron chi connectivity index (χ4n) is 1.80. The first kappa shape index (κ1) is 14.5. The smallest absolute Gasteiger partial charge is 0.224 e. The molecule has 2 N–H and O–H groups in total. The van der Waals surface area contributed by atoms with Gasteiger partial charge in [-0.25, -0.2) is 4.98 Å². The Balaban J connectivity index is 2.12. The third-order valence-corrected chi connectivity index (χ3v) is 3.61. The van der Waals surface area contributed by atoms with Crippen LogP contribution in [-0.2, 0) is 16.0 Å². The van der Waals surface area contributed by atoms with Crippen LogP contribution in [0.25, 0.3) is 10.2 Å². The van der Waals surface area contributed by atoms with Gasteiger partial charge in [-0.2, -0.15) is 0 Å². The van der Waals surface area contributed by atoms with E-state index in [1.165, 1.54) is 18.3 Å². The molecule has 1 aromatic carbocycles. The highest BCUT2D eigenvalue weighted by atomic mass is 32.1. The molecule has 1 aromatic heterocycles. The zero-order valence-electron chi connectivity index (χ0n) is 11.5. The predicted octanol–water partition coefficient (Wildman–Crippen LogP) is 2.32. The largest absolute Gasteiger partial charge is 0.356 e. The number of carbonyl (C=O) groups excluding carboxylic acids is 2. The highest BCUT2D eigenvalue weighted by Gasteiger charge is 2.08. The lowest BCUT2D eigenvalue weighted by Crippen LogP contribution is -2.25. The van der Waals surface area contributed by atoms with Crippen molar-refractivity contribution in [3.63, 3.8) is 0 Å². The molecule has 5 nitrogen and oxygen atoms in total. The van der Waals surface area contributed by atoms with Gasteiger partial charge < -0.3 is 10.6 Å². The molecule has 2 rings (SSSR count). The molecular formula is C14H17N3O2S. The second-order valence-electron chi connectivity index (χ2n) is 4.53. The number of carbonyl (C=O) groups is 2. The van der Waals surface area contributed by atoms with Crippen molar-refractivity contribution in [1.82, 2.24) is 10.3 Å². The number of rotatable bonds is 5. The monoisotopic (exact) mass is 291 g/mol. The summed E-state index contributed by atoms with van der Waals surface area (Å²) in [6.07, 6.45) is 1.29. The maximum atomic E-state index is 11.7. The molecule has 0 saturated heterocycles. The van der Waals surface area contributed by atoms with Crippen LogP contribution in [0.4, 0.5) is 5.13 Å². The predicted molar refractivity (Wildman–Crippen MR) is 80.9 cm³/mol. The van der Waals surface area contributed by atoms with Crippen molar-refractivity contribution in [3.05, 3.63) is 23.8 Å². The summed E-state index contributed by atoms with van der Waals surface area (Å²) in [5, 5.41) is 6.11. The first-order valence-electron chi connectivity index (χ1n) is 6.52. The molecule has 0 saturated carbocycles. The van der Waals surface area contributed by atoms with Crippen LogP contribution in [0.15, 0.2) is 18.2 Å². The summed E-state index contributed by atoms with van der Waals surface area (Å²) in [6, 6.07) is 5.72. The fourth-order valence-corrected chi connectivity index (χ4v) is 2.77. The lowest BCUT2D eigenvalue weighted by Gasteiger charge is -2.03. The first-order chi connectivity index (χ1) is 9.58. The summed E-state index contributed by atoms with van der Waals surface area (Å²) >= 11 is 1.41. The molecule has 2 amide bonds. The van der Waals surface area contributed by atoms with Gasteiger partial charge in [-0.15, -0.1) is 0 Å². The summed E-state index contributed by atoms with van der Waals surface area (Å²) in [7, 11) is 0. The number of benzene rings is 1. The Kier molecular flexibility index (Phi) is 4.68. The zero-order valence-corrected chi connectivity index (χ0v) is 12.3. The molecule has 2 aromatic rings. The minimum absolute atomic E-state index is 0.0257. The molecule has 0 aliphatic heterocycles. The number of amides is 2. The normalized spacial score (nSPS) is 10.5. The first-order valence-corrected chi connectivity index (χ1v) is 7.34. The molecule has 1 heterocycles. The molecular weight excluding hydrogens is 274 g/mol. The number of thiazole rings is 1. The highest BCUT2D eigenvalue weighted by Crippen LogP contribution is 2.26. The molecule has 6 heteroatoms. The van der Waals surface area contributed by atoms with Crippen molar-refractivity contribution >= 4 is 38.5 Å². The maximum Gasteiger partial charge on any atom is 0.224 e. The van der Waals surface area contributed by atoms with Gasteiger partial charge in [0.2, 0.25) is 11.8 Å². The van der Waals surface area contributed by atoms with Gasteiger partial charge in [0.25, 0.3) is 0 Å². The molecule has 0 aliphatic carbocycles. The number of hydrogen-bond acceptors (Lipinski definition) is 4. The molecule has 0 aliphatic rings. The zero-order chi connectivity index (χ0) is 14.5. The van der Waals surface area contributed by atoms with E-state index in [1.807, 2.05) is 25.1 Å². The van der Waals surface area contributed by atoms with E-state index in [2.05, 4.69) is 15.6 Å². The lowest BCUT2D eigenvalue weighted by molar-refractivity contribution is -0.120. The van der Waals surface area contributed by atoms with Gasteiger partial charge >= 0.3 is 0 Å². The minimum atomic E-state index is -0.136. The van der Waals surface area contributed by atoms with Crippen LogP contribution in [0, 0.1) is 0 Å². The van der Waals surface area contributed by atoms with Crippen molar-refractivity contribution in [3.8, 4) is 0 Å². The van der Waals surface area contributed by atoms with Crippen LogP contribution in [0.5, 0.6) is 0 Å². The van der Waals surface area contributed by atoms with Gasteiger partial charge in [0.1, 0.15) is 0 Å². The van der Waals surface area contributed by atoms with Gasteiger partial charge in [-0.1, -0.05) is 24.3 Å². The summed E-state index contributed by atoms with van der Waals surface area (Å²) < 4.78 is 0.967. The third-order valence-electron chi connectivity index (χ3n) is 2.67. The molecule has 0 bridgehead atoms. The Labute approximate surface area is 121 Å². The molecule has 0 spiro atoms. The van der Waals surface area contributed by atoms with E-state index < -0.39 is 0 Å². The second kappa shape index (κ2) is 6.47. The minimum Gasteiger partial charge on any atom is -0.356 e. The quantitative estimate of drug-likeness (QED) is 0.888. The molecule has 0 atom stereocenters. The summed E-state index contributed by atoms with van der Waals surface area (Å²) in [5.74, 6) is -0.110. The van der Waals surface area contributed by atoms with Crippen molar-refractivity contribution in [2.24, 2.45) is 0 Å². The van der Waals surface area contributed by atoms with E-state index in [9.17, 15) is 9.59 Å². The number of nitrogens with zero attached hydrogens (tertiary/aromatic N) is 1. The van der Waals surface area contributed by atoms with Crippen LogP contribution < -0.4 is 10.6 Å². The average Bonchev–Trinajstić information content (AvgIpc) is 2.76. The Morgan fingerprint density at radius 3 is 2.85 bits per heavy atom. The van der Waals surface area contributed by atoms with Crippen molar-refractivity contribution in [2.45, 2.75) is 26.7 Å². The topological polar surface area (TPSA) is 71.1 Å². The average molecular weight is 291 g/mol. The molecule has 20 heavy (non-hydrogen) atoms. The van der Waals surface area contributed by atoms with Crippen molar-refractivity contribution < 1.29 is 9.59 Å². The van der Waals surface area contributed by atoms with Crippen molar-refractivity contribution in [1.29, 1.82) is 0 Å². The van der Waals surface area contributed by atoms with Crippen LogP contribution in [0.2, 0.25) is 0 Å². The fraction of sp³-hybridized carbons (Fsp3) is 0.357. The number of fused-ring (bicyclic) bond motifs is 1. The summed E-state index contributed by atoms with van der Waals surface area (Å²) in [4.78, 5) is 27.0. The van der Waals surface area contributed by atoms with Crippen LogP contribution >= 0.6 is 11.3 Å². The van der Waals surface area contributed by atoms with Gasteiger partial charge in [-0.3, -0.25) is 9.59 Å². The van der Waals surface area contributed by atoms with Gasteiger partial charge in [0, 0.05) is 13.5 Å². The Bertz CT molecular complexity index is 636. The van der Waals surface area contributed by atoms with Crippen LogP contribution in [0.1, 0.15) is 25.8 Å². The molecule has 0 fully saturated rings. The number of hydrogen-bond donors (Lipinski definition) is 2. The van der Waals surface area contributed by atoms with Crippen LogP contribution in [0.3, 0.4) is 0 Å². The molecule has 106 valence electrons. The molecule has 0 unspecified atom stereocenters. The second-order valence-corrected chi connectivity index (χ2v) is 5.56. The Morgan fingerprint density at radius 2 is 2.15 bits per heavy atom. The van der Waals surface area contributed by atoms with Crippen molar-refractivity contribution in [2.75, 3.05) is 11.9 Å². The van der Waals surface area contributed by atoms with E-state index in [-0.39, 0.29) is 11.8 Å².